The molecule has 9 nitrogen and oxygen atoms in total. The molecule has 0 unspecified atom stereocenters. The lowest BCUT2D eigenvalue weighted by Crippen LogP contribution is -2.39. The Hall–Kier alpha value is -3.27. The Kier molecular flexibility index (Phi) is 7.57. The Morgan fingerprint density at radius 2 is 1.94 bits per heavy atom. The van der Waals surface area contributed by atoms with Gasteiger partial charge in [-0.25, -0.2) is 14.4 Å². The number of methoxy groups -OCH3 is 1. The van der Waals surface area contributed by atoms with Crippen molar-refractivity contribution >= 4 is 35.1 Å². The average molecular weight is 463 g/mol. The minimum atomic E-state index is -1.17. The predicted octanol–water partition coefficient (Wildman–Crippen LogP) is 3.78. The Labute approximate surface area is 189 Å². The van der Waals surface area contributed by atoms with Crippen molar-refractivity contribution in [3.8, 4) is 16.2 Å². The van der Waals surface area contributed by atoms with Crippen LogP contribution in [0.4, 0.5) is 10.5 Å². The first kappa shape index (κ1) is 23.4. The number of thiophene rings is 1. The second kappa shape index (κ2) is 10.4. The van der Waals surface area contributed by atoms with Crippen molar-refractivity contribution in [2.24, 2.45) is 5.92 Å². The quantitative estimate of drug-likeness (QED) is 0.541. The summed E-state index contributed by atoms with van der Waals surface area (Å²) in [4.78, 5) is 36.5. The maximum Gasteiger partial charge on any atom is 0.409 e. The molecule has 2 heterocycles. The molecule has 0 bridgehead atoms. The van der Waals surface area contributed by atoms with Crippen LogP contribution in [0.15, 0.2) is 24.3 Å². The highest BCUT2D eigenvalue weighted by atomic mass is 32.1. The number of hydrogen-bond acceptors (Lipinski definition) is 7. The number of ether oxygens (including phenoxy) is 2. The van der Waals surface area contributed by atoms with E-state index in [4.69, 9.17) is 14.6 Å². The van der Waals surface area contributed by atoms with Crippen molar-refractivity contribution in [3.05, 3.63) is 34.7 Å². The normalized spacial score (nSPS) is 14.1. The zero-order valence-electron chi connectivity index (χ0n) is 17.9. The molecule has 3 N–H and O–H groups in total. The second-order valence-electron chi connectivity index (χ2n) is 7.56. The fraction of sp³-hybridized carbons (Fsp3) is 0.409. The molecule has 1 saturated heterocycles. The minimum Gasteiger partial charge on any atom is -0.480 e. The number of piperidine rings is 1. The summed E-state index contributed by atoms with van der Waals surface area (Å²) in [5, 5.41) is 21.8. The van der Waals surface area contributed by atoms with E-state index >= 15 is 0 Å². The molecule has 0 atom stereocenters. The van der Waals surface area contributed by atoms with E-state index < -0.39 is 18.5 Å². The van der Waals surface area contributed by atoms with Gasteiger partial charge in [-0.05, 0) is 43.4 Å². The van der Waals surface area contributed by atoms with Gasteiger partial charge in [0.05, 0.1) is 7.11 Å². The van der Waals surface area contributed by atoms with Gasteiger partial charge in [0.2, 0.25) is 0 Å². The number of nitrogens with one attached hydrogen (secondary N) is 1. The number of aromatic carboxylic acids is 1. The fourth-order valence-corrected chi connectivity index (χ4v) is 4.79. The first-order valence-electron chi connectivity index (χ1n) is 10.2. The first-order chi connectivity index (χ1) is 15.3. The molecule has 1 aromatic carbocycles. The van der Waals surface area contributed by atoms with Gasteiger partial charge in [-0.2, -0.15) is 0 Å². The molecule has 1 aliphatic rings. The molecule has 0 spiro atoms. The molecule has 1 aliphatic heterocycles. The van der Waals surface area contributed by atoms with Crippen LogP contribution in [0.25, 0.3) is 10.4 Å². The van der Waals surface area contributed by atoms with Crippen LogP contribution in [0.1, 0.15) is 28.1 Å². The topological polar surface area (TPSA) is 125 Å². The monoisotopic (exact) mass is 462 g/mol. The van der Waals surface area contributed by atoms with Crippen LogP contribution < -0.4 is 10.1 Å². The third-order valence-corrected chi connectivity index (χ3v) is 6.70. The lowest BCUT2D eigenvalue weighted by molar-refractivity contribution is -0.139. The Morgan fingerprint density at radius 3 is 2.56 bits per heavy atom. The molecule has 1 aromatic heterocycles. The van der Waals surface area contributed by atoms with Crippen LogP contribution in [0.2, 0.25) is 0 Å². The van der Waals surface area contributed by atoms with Gasteiger partial charge in [-0.15, -0.1) is 11.3 Å². The summed E-state index contributed by atoms with van der Waals surface area (Å²) in [6.07, 6.45) is 1.48. The summed E-state index contributed by atoms with van der Waals surface area (Å²) in [6.45, 7) is 3.22. The number of carbonyl (C=O) groups excluding carboxylic acids is 1. The van der Waals surface area contributed by atoms with Crippen LogP contribution >= 0.6 is 11.3 Å². The second-order valence-corrected chi connectivity index (χ2v) is 8.58. The van der Waals surface area contributed by atoms with Crippen LogP contribution in [-0.2, 0) is 9.53 Å². The van der Waals surface area contributed by atoms with E-state index in [0.717, 1.165) is 46.9 Å². The smallest absolute Gasteiger partial charge is 0.409 e. The molecule has 1 amide bonds. The Morgan fingerprint density at radius 1 is 1.22 bits per heavy atom. The van der Waals surface area contributed by atoms with E-state index in [1.165, 1.54) is 7.11 Å². The fourth-order valence-electron chi connectivity index (χ4n) is 3.70. The standard InChI is InChI=1S/C22H26N2O7S/c1-13-18(31-12-17(25)26)20(21(27)28)32-19(13)15-4-3-5-16(10-15)23-11-14-6-8-24(9-7-14)22(29)30-2/h3-5,10,14,23H,6-9,11-12H2,1-2H3,(H,25,26)(H,27,28). The maximum atomic E-state index is 11.6. The van der Waals surface area contributed by atoms with Crippen LogP contribution in [-0.4, -0.2) is 66.5 Å². The lowest BCUT2D eigenvalue weighted by Gasteiger charge is -2.31. The van der Waals surface area contributed by atoms with Crippen molar-refractivity contribution < 1.29 is 34.1 Å². The number of rotatable bonds is 8. The van der Waals surface area contributed by atoms with Crippen molar-refractivity contribution in [2.45, 2.75) is 19.8 Å². The number of carboxylic acids is 2. The third kappa shape index (κ3) is 5.50. The Balaban J connectivity index is 1.70. The molecule has 172 valence electrons. The minimum absolute atomic E-state index is 0.0190. The average Bonchev–Trinajstić information content (AvgIpc) is 3.12. The van der Waals surface area contributed by atoms with Gasteiger partial charge in [0.25, 0.3) is 0 Å². The largest absolute Gasteiger partial charge is 0.480 e. The number of hydrogen-bond donors (Lipinski definition) is 3. The van der Waals surface area contributed by atoms with E-state index in [0.29, 0.717) is 24.6 Å². The van der Waals surface area contributed by atoms with Gasteiger partial charge < -0.3 is 29.9 Å². The highest BCUT2D eigenvalue weighted by molar-refractivity contribution is 7.18. The maximum absolute atomic E-state index is 11.6. The van der Waals surface area contributed by atoms with Gasteiger partial charge in [-0.1, -0.05) is 12.1 Å². The van der Waals surface area contributed by atoms with Gasteiger partial charge in [0.1, 0.15) is 5.75 Å². The van der Waals surface area contributed by atoms with E-state index in [2.05, 4.69) is 5.32 Å². The third-order valence-electron chi connectivity index (χ3n) is 5.39. The highest BCUT2D eigenvalue weighted by Gasteiger charge is 2.24. The van der Waals surface area contributed by atoms with Gasteiger partial charge >= 0.3 is 18.0 Å². The van der Waals surface area contributed by atoms with Gasteiger partial charge in [-0.3, -0.25) is 0 Å². The number of nitrogens with zero attached hydrogens (tertiary/aromatic N) is 1. The van der Waals surface area contributed by atoms with Crippen molar-refractivity contribution in [3.63, 3.8) is 0 Å². The van der Waals surface area contributed by atoms with E-state index in [1.54, 1.807) is 11.8 Å². The number of anilines is 1. The number of amides is 1. The van der Waals surface area contributed by atoms with Crippen molar-refractivity contribution in [2.75, 3.05) is 38.7 Å². The highest BCUT2D eigenvalue weighted by Crippen LogP contribution is 2.42. The summed E-state index contributed by atoms with van der Waals surface area (Å²) in [5.74, 6) is -1.80. The zero-order chi connectivity index (χ0) is 23.3. The molecule has 3 rings (SSSR count). The molecular weight excluding hydrogens is 436 g/mol. The number of carbonyl (C=O) groups is 3. The summed E-state index contributed by atoms with van der Waals surface area (Å²) >= 11 is 1.06. The van der Waals surface area contributed by atoms with Gasteiger partial charge in [0.15, 0.2) is 11.5 Å². The number of aliphatic carboxylic acids is 1. The summed E-state index contributed by atoms with van der Waals surface area (Å²) in [6, 6.07) is 7.64. The van der Waals surface area contributed by atoms with Gasteiger partial charge in [0, 0.05) is 35.8 Å². The summed E-state index contributed by atoms with van der Waals surface area (Å²) < 4.78 is 10.0. The van der Waals surface area contributed by atoms with E-state index in [9.17, 15) is 19.5 Å². The van der Waals surface area contributed by atoms with Crippen LogP contribution in [0.5, 0.6) is 5.75 Å². The summed E-state index contributed by atoms with van der Waals surface area (Å²) in [7, 11) is 1.39. The SMILES string of the molecule is COC(=O)N1CCC(CNc2cccc(-c3sc(C(=O)O)c(OCC(=O)O)c3C)c2)CC1. The molecule has 0 radical (unpaired) electrons. The molecule has 32 heavy (non-hydrogen) atoms. The lowest BCUT2D eigenvalue weighted by atomic mass is 9.97. The van der Waals surface area contributed by atoms with Crippen molar-refractivity contribution in [1.82, 2.24) is 4.90 Å². The van der Waals surface area contributed by atoms with Crippen LogP contribution in [0.3, 0.4) is 0 Å². The number of benzene rings is 1. The molecule has 0 saturated carbocycles. The molecule has 1 fully saturated rings. The number of likely N-dealkylation sites (tertiary alicyclic amines) is 1. The van der Waals surface area contributed by atoms with E-state index in [1.807, 2.05) is 24.3 Å². The molecule has 0 aliphatic carbocycles. The van der Waals surface area contributed by atoms with E-state index in [-0.39, 0.29) is 16.7 Å². The first-order valence-corrected chi connectivity index (χ1v) is 11.0. The summed E-state index contributed by atoms with van der Waals surface area (Å²) in [5.41, 5.74) is 2.32. The molecule has 2 aromatic rings. The Bertz CT molecular complexity index is 996. The molecule has 10 heteroatoms. The van der Waals surface area contributed by atoms with Crippen molar-refractivity contribution in [1.29, 1.82) is 0 Å². The predicted molar refractivity (Wildman–Crippen MR) is 120 cm³/mol. The number of carboxylic acid groups (broad SMARTS) is 2. The van der Waals surface area contributed by atoms with Crippen LogP contribution in [0, 0.1) is 12.8 Å². The zero-order valence-corrected chi connectivity index (χ0v) is 18.7. The molecular formula is C22H26N2O7S.